The summed E-state index contributed by atoms with van der Waals surface area (Å²) in [6.07, 6.45) is 3.96. The number of aryl methyl sites for hydroxylation is 2. The van der Waals surface area contributed by atoms with Crippen LogP contribution in [-0.4, -0.2) is 24.2 Å². The van der Waals surface area contributed by atoms with E-state index in [4.69, 9.17) is 5.11 Å². The molecule has 0 saturated heterocycles. The van der Waals surface area contributed by atoms with E-state index in [1.54, 1.807) is 24.3 Å². The largest absolute Gasteiger partial charge is 0.478 e. The zero-order valence-electron chi connectivity index (χ0n) is 13.1. The summed E-state index contributed by atoms with van der Waals surface area (Å²) in [5.41, 5.74) is 3.23. The Kier molecular flexibility index (Phi) is 5.92. The Morgan fingerprint density at radius 2 is 1.26 bits per heavy atom. The normalized spacial score (nSPS) is 10.3. The van der Waals surface area contributed by atoms with E-state index in [2.05, 4.69) is 4.74 Å². The molecule has 0 aromatic heterocycles. The number of carboxylic acid groups (broad SMARTS) is 1. The van der Waals surface area contributed by atoms with Gasteiger partial charge < -0.3 is 9.84 Å². The average Bonchev–Trinajstić information content (AvgIpc) is 2.59. The lowest BCUT2D eigenvalue weighted by Gasteiger charge is -2.04. The van der Waals surface area contributed by atoms with Crippen molar-refractivity contribution >= 4 is 11.9 Å². The van der Waals surface area contributed by atoms with Crippen molar-refractivity contribution < 1.29 is 19.4 Å². The maximum Gasteiger partial charge on any atom is 0.337 e. The lowest BCUT2D eigenvalue weighted by atomic mass is 10.0. The van der Waals surface area contributed by atoms with Gasteiger partial charge in [-0.3, -0.25) is 0 Å². The van der Waals surface area contributed by atoms with E-state index in [9.17, 15) is 9.59 Å². The minimum absolute atomic E-state index is 0.318. The third-order valence-corrected chi connectivity index (χ3v) is 3.76. The topological polar surface area (TPSA) is 63.6 Å². The molecule has 0 heterocycles. The Morgan fingerprint density at radius 1 is 0.826 bits per heavy atom. The summed E-state index contributed by atoms with van der Waals surface area (Å²) in [6.45, 7) is 0. The first-order valence-corrected chi connectivity index (χ1v) is 7.59. The van der Waals surface area contributed by atoms with Gasteiger partial charge in [-0.2, -0.15) is 0 Å². The maximum atomic E-state index is 11.3. The van der Waals surface area contributed by atoms with Gasteiger partial charge in [-0.15, -0.1) is 0 Å². The second-order valence-electron chi connectivity index (χ2n) is 5.40. The molecule has 4 nitrogen and oxygen atoms in total. The quantitative estimate of drug-likeness (QED) is 0.625. The number of carbonyl (C=O) groups excluding carboxylic acids is 1. The van der Waals surface area contributed by atoms with Gasteiger partial charge in [0.25, 0.3) is 0 Å². The van der Waals surface area contributed by atoms with E-state index < -0.39 is 5.97 Å². The van der Waals surface area contributed by atoms with Gasteiger partial charge in [0.1, 0.15) is 0 Å². The van der Waals surface area contributed by atoms with Gasteiger partial charge in [0.15, 0.2) is 0 Å². The van der Waals surface area contributed by atoms with Gasteiger partial charge in [-0.1, -0.05) is 24.3 Å². The molecule has 2 rings (SSSR count). The van der Waals surface area contributed by atoms with Crippen LogP contribution in [-0.2, 0) is 17.6 Å². The van der Waals surface area contributed by atoms with Crippen LogP contribution < -0.4 is 0 Å². The van der Waals surface area contributed by atoms with E-state index in [-0.39, 0.29) is 5.97 Å². The van der Waals surface area contributed by atoms with Gasteiger partial charge in [-0.25, -0.2) is 9.59 Å². The van der Waals surface area contributed by atoms with Crippen molar-refractivity contribution in [3.05, 3.63) is 70.8 Å². The number of carboxylic acids is 1. The minimum Gasteiger partial charge on any atom is -0.478 e. The van der Waals surface area contributed by atoms with Crippen LogP contribution in [0.25, 0.3) is 0 Å². The smallest absolute Gasteiger partial charge is 0.337 e. The van der Waals surface area contributed by atoms with Crippen LogP contribution in [0.3, 0.4) is 0 Å². The standard InChI is InChI=1S/C19H20O4/c1-23-19(22)17-12-8-15(9-13-17)5-3-2-4-14-6-10-16(11-7-14)18(20)21/h6-13H,2-5H2,1H3,(H,20,21). The van der Waals surface area contributed by atoms with Gasteiger partial charge in [0.05, 0.1) is 18.2 Å². The molecule has 120 valence electrons. The first-order chi connectivity index (χ1) is 11.1. The highest BCUT2D eigenvalue weighted by molar-refractivity contribution is 5.89. The van der Waals surface area contributed by atoms with Gasteiger partial charge >= 0.3 is 11.9 Å². The average molecular weight is 312 g/mol. The third-order valence-electron chi connectivity index (χ3n) is 3.76. The molecule has 0 saturated carbocycles. The highest BCUT2D eigenvalue weighted by Crippen LogP contribution is 2.12. The van der Waals surface area contributed by atoms with Crippen molar-refractivity contribution in [2.45, 2.75) is 25.7 Å². The first-order valence-electron chi connectivity index (χ1n) is 7.59. The predicted molar refractivity (Wildman–Crippen MR) is 87.8 cm³/mol. The lowest BCUT2D eigenvalue weighted by molar-refractivity contribution is 0.0599. The monoisotopic (exact) mass is 312 g/mol. The van der Waals surface area contributed by atoms with Crippen LogP contribution in [0, 0.1) is 0 Å². The Balaban J connectivity index is 1.76. The molecule has 0 spiro atoms. The number of esters is 1. The van der Waals surface area contributed by atoms with Gasteiger partial charge in [-0.05, 0) is 61.1 Å². The highest BCUT2D eigenvalue weighted by atomic mass is 16.5. The predicted octanol–water partition coefficient (Wildman–Crippen LogP) is 3.74. The fourth-order valence-electron chi connectivity index (χ4n) is 2.40. The van der Waals surface area contributed by atoms with Crippen LogP contribution >= 0.6 is 0 Å². The molecule has 0 bridgehead atoms. The summed E-state index contributed by atoms with van der Waals surface area (Å²) in [6, 6.07) is 14.5. The lowest BCUT2D eigenvalue weighted by Crippen LogP contribution is -2.00. The van der Waals surface area contributed by atoms with E-state index in [0.29, 0.717) is 11.1 Å². The van der Waals surface area contributed by atoms with Crippen molar-refractivity contribution in [1.29, 1.82) is 0 Å². The molecule has 0 radical (unpaired) electrons. The number of unbranched alkanes of at least 4 members (excludes halogenated alkanes) is 1. The fraction of sp³-hybridized carbons (Fsp3) is 0.263. The molecule has 0 aliphatic carbocycles. The fourth-order valence-corrected chi connectivity index (χ4v) is 2.40. The van der Waals surface area contributed by atoms with Crippen LogP contribution in [0.1, 0.15) is 44.7 Å². The zero-order valence-corrected chi connectivity index (χ0v) is 13.1. The van der Waals surface area contributed by atoms with Crippen molar-refractivity contribution in [2.24, 2.45) is 0 Å². The molecule has 0 aliphatic heterocycles. The molecule has 1 N–H and O–H groups in total. The summed E-state index contributed by atoms with van der Waals surface area (Å²) in [5.74, 6) is -1.21. The Labute approximate surface area is 135 Å². The van der Waals surface area contributed by atoms with Crippen molar-refractivity contribution in [3.63, 3.8) is 0 Å². The molecule has 0 amide bonds. The van der Waals surface area contributed by atoms with E-state index in [1.807, 2.05) is 24.3 Å². The number of aromatic carboxylic acids is 1. The number of methoxy groups -OCH3 is 1. The molecule has 0 unspecified atom stereocenters. The second-order valence-corrected chi connectivity index (χ2v) is 5.40. The Morgan fingerprint density at radius 3 is 1.65 bits per heavy atom. The number of benzene rings is 2. The molecule has 0 fully saturated rings. The molecular weight excluding hydrogens is 292 g/mol. The number of rotatable bonds is 7. The number of ether oxygens (including phenoxy) is 1. The second kappa shape index (κ2) is 8.13. The SMILES string of the molecule is COC(=O)c1ccc(CCCCc2ccc(C(=O)O)cc2)cc1. The zero-order chi connectivity index (χ0) is 16.7. The third kappa shape index (κ3) is 4.95. The summed E-state index contributed by atoms with van der Waals surface area (Å²) >= 11 is 0. The summed E-state index contributed by atoms with van der Waals surface area (Å²) in [7, 11) is 1.37. The number of hydrogen-bond acceptors (Lipinski definition) is 3. The van der Waals surface area contributed by atoms with Gasteiger partial charge in [0, 0.05) is 0 Å². The Bertz CT molecular complexity index is 657. The Hall–Kier alpha value is -2.62. The van der Waals surface area contributed by atoms with Crippen LogP contribution in [0.4, 0.5) is 0 Å². The highest BCUT2D eigenvalue weighted by Gasteiger charge is 2.04. The molecule has 0 atom stereocenters. The number of carbonyl (C=O) groups is 2. The molecule has 23 heavy (non-hydrogen) atoms. The van der Waals surface area contributed by atoms with Gasteiger partial charge in [0.2, 0.25) is 0 Å². The molecule has 2 aromatic rings. The molecular formula is C19H20O4. The first kappa shape index (κ1) is 16.7. The molecule has 2 aromatic carbocycles. The maximum absolute atomic E-state index is 11.3. The van der Waals surface area contributed by atoms with Crippen molar-refractivity contribution in [2.75, 3.05) is 7.11 Å². The van der Waals surface area contributed by atoms with Crippen LogP contribution in [0.2, 0.25) is 0 Å². The summed E-state index contributed by atoms with van der Waals surface area (Å²) in [5, 5.41) is 8.86. The molecule has 4 heteroatoms. The van der Waals surface area contributed by atoms with E-state index >= 15 is 0 Å². The summed E-state index contributed by atoms with van der Waals surface area (Å²) < 4.78 is 4.67. The van der Waals surface area contributed by atoms with E-state index in [1.165, 1.54) is 12.7 Å². The van der Waals surface area contributed by atoms with Crippen molar-refractivity contribution in [1.82, 2.24) is 0 Å². The molecule has 0 aliphatic rings. The van der Waals surface area contributed by atoms with Crippen LogP contribution in [0.15, 0.2) is 48.5 Å². The summed E-state index contributed by atoms with van der Waals surface area (Å²) in [4.78, 5) is 22.1. The minimum atomic E-state index is -0.896. The van der Waals surface area contributed by atoms with Crippen LogP contribution in [0.5, 0.6) is 0 Å². The number of hydrogen-bond donors (Lipinski definition) is 1. The van der Waals surface area contributed by atoms with E-state index in [0.717, 1.165) is 31.2 Å². The van der Waals surface area contributed by atoms with Crippen molar-refractivity contribution in [3.8, 4) is 0 Å².